The van der Waals surface area contributed by atoms with Gasteiger partial charge in [-0.25, -0.2) is 0 Å². The highest BCUT2D eigenvalue weighted by Crippen LogP contribution is 2.31. The third-order valence-corrected chi connectivity index (χ3v) is 3.73. The SMILES string of the molecule is COCC(O)CCNCC1(O)CCC(C(=O)O)CC1. The van der Waals surface area contributed by atoms with Crippen LogP contribution in [-0.4, -0.2) is 59.8 Å². The van der Waals surface area contributed by atoms with Crippen LogP contribution in [-0.2, 0) is 9.53 Å². The fraction of sp³-hybridized carbons (Fsp3) is 0.923. The van der Waals surface area contributed by atoms with E-state index in [1.807, 2.05) is 0 Å². The van der Waals surface area contributed by atoms with Crippen molar-refractivity contribution >= 4 is 5.97 Å². The van der Waals surface area contributed by atoms with Gasteiger partial charge in [-0.1, -0.05) is 0 Å². The van der Waals surface area contributed by atoms with Crippen molar-refractivity contribution in [1.82, 2.24) is 5.32 Å². The maximum atomic E-state index is 10.8. The third kappa shape index (κ3) is 5.86. The number of aliphatic hydroxyl groups excluding tert-OH is 1. The van der Waals surface area contributed by atoms with Crippen molar-refractivity contribution in [3.8, 4) is 0 Å². The molecule has 19 heavy (non-hydrogen) atoms. The van der Waals surface area contributed by atoms with Gasteiger partial charge >= 0.3 is 5.97 Å². The number of aliphatic carboxylic acids is 1. The number of carbonyl (C=O) groups is 1. The Labute approximate surface area is 113 Å². The molecule has 0 radical (unpaired) electrons. The molecule has 0 aromatic rings. The first-order chi connectivity index (χ1) is 8.97. The lowest BCUT2D eigenvalue weighted by molar-refractivity contribution is -0.144. The molecule has 0 aliphatic heterocycles. The van der Waals surface area contributed by atoms with Crippen LogP contribution in [0, 0.1) is 5.92 Å². The summed E-state index contributed by atoms with van der Waals surface area (Å²) in [7, 11) is 1.54. The summed E-state index contributed by atoms with van der Waals surface area (Å²) < 4.78 is 4.82. The topological polar surface area (TPSA) is 99.0 Å². The highest BCUT2D eigenvalue weighted by atomic mass is 16.5. The summed E-state index contributed by atoms with van der Waals surface area (Å²) in [6.07, 6.45) is 2.16. The number of hydrogen-bond donors (Lipinski definition) is 4. The molecule has 112 valence electrons. The van der Waals surface area contributed by atoms with Crippen LogP contribution in [0.1, 0.15) is 32.1 Å². The summed E-state index contributed by atoms with van der Waals surface area (Å²) in [5.41, 5.74) is -0.807. The smallest absolute Gasteiger partial charge is 0.306 e. The maximum absolute atomic E-state index is 10.8. The van der Waals surface area contributed by atoms with Crippen LogP contribution in [0.15, 0.2) is 0 Å². The van der Waals surface area contributed by atoms with Crippen LogP contribution in [0.4, 0.5) is 0 Å². The molecule has 0 aromatic heterocycles. The van der Waals surface area contributed by atoms with Crippen molar-refractivity contribution in [2.45, 2.75) is 43.8 Å². The lowest BCUT2D eigenvalue weighted by Gasteiger charge is -2.34. The molecule has 1 aliphatic rings. The Morgan fingerprint density at radius 2 is 2.11 bits per heavy atom. The van der Waals surface area contributed by atoms with Crippen molar-refractivity contribution in [2.75, 3.05) is 26.8 Å². The van der Waals surface area contributed by atoms with Gasteiger partial charge in [-0.2, -0.15) is 0 Å². The van der Waals surface area contributed by atoms with Crippen LogP contribution >= 0.6 is 0 Å². The number of aliphatic hydroxyl groups is 2. The molecule has 6 heteroatoms. The van der Waals surface area contributed by atoms with E-state index in [1.165, 1.54) is 0 Å². The van der Waals surface area contributed by atoms with E-state index in [-0.39, 0.29) is 5.92 Å². The van der Waals surface area contributed by atoms with Gasteiger partial charge in [-0.05, 0) is 38.6 Å². The first-order valence-electron chi connectivity index (χ1n) is 6.80. The number of ether oxygens (including phenoxy) is 1. The van der Waals surface area contributed by atoms with Crippen LogP contribution in [0.2, 0.25) is 0 Å². The summed E-state index contributed by atoms with van der Waals surface area (Å²) in [5, 5.41) is 31.8. The Bertz CT molecular complexity index is 276. The monoisotopic (exact) mass is 275 g/mol. The van der Waals surface area contributed by atoms with Gasteiger partial charge < -0.3 is 25.4 Å². The summed E-state index contributed by atoms with van der Waals surface area (Å²) in [4.78, 5) is 10.8. The molecular weight excluding hydrogens is 250 g/mol. The van der Waals surface area contributed by atoms with Gasteiger partial charge in [-0.15, -0.1) is 0 Å². The first-order valence-corrected chi connectivity index (χ1v) is 6.80. The lowest BCUT2D eigenvalue weighted by atomic mass is 9.79. The van der Waals surface area contributed by atoms with Crippen LogP contribution in [0.5, 0.6) is 0 Å². The fourth-order valence-electron chi connectivity index (χ4n) is 2.44. The van der Waals surface area contributed by atoms with Crippen molar-refractivity contribution in [3.63, 3.8) is 0 Å². The van der Waals surface area contributed by atoms with Crippen molar-refractivity contribution in [2.24, 2.45) is 5.92 Å². The zero-order chi connectivity index (χ0) is 14.3. The molecule has 1 unspecified atom stereocenters. The number of carboxylic acids is 1. The quantitative estimate of drug-likeness (QED) is 0.465. The molecule has 0 amide bonds. The van der Waals surface area contributed by atoms with Crippen LogP contribution < -0.4 is 5.32 Å². The number of carboxylic acid groups (broad SMARTS) is 1. The molecule has 0 aromatic carbocycles. The average molecular weight is 275 g/mol. The minimum absolute atomic E-state index is 0.312. The van der Waals surface area contributed by atoms with Gasteiger partial charge in [0.25, 0.3) is 0 Å². The molecule has 0 spiro atoms. The normalized spacial score (nSPS) is 29.1. The van der Waals surface area contributed by atoms with Crippen molar-refractivity contribution in [1.29, 1.82) is 0 Å². The molecule has 0 saturated heterocycles. The van der Waals surface area contributed by atoms with Crippen LogP contribution in [0.3, 0.4) is 0 Å². The van der Waals surface area contributed by atoms with Gasteiger partial charge in [-0.3, -0.25) is 4.79 Å². The van der Waals surface area contributed by atoms with Gasteiger partial charge in [0, 0.05) is 13.7 Å². The number of rotatable bonds is 8. The molecule has 1 rings (SSSR count). The number of nitrogens with one attached hydrogen (secondary N) is 1. The van der Waals surface area contributed by atoms with Gasteiger partial charge in [0.2, 0.25) is 0 Å². The molecule has 1 aliphatic carbocycles. The first kappa shape index (κ1) is 16.4. The second-order valence-electron chi connectivity index (χ2n) is 5.41. The molecule has 4 N–H and O–H groups in total. The van der Waals surface area contributed by atoms with Crippen molar-refractivity contribution < 1.29 is 24.9 Å². The van der Waals surface area contributed by atoms with E-state index in [1.54, 1.807) is 7.11 Å². The molecular formula is C13H25NO5. The standard InChI is InChI=1S/C13H25NO5/c1-19-8-11(15)4-7-14-9-13(18)5-2-10(3-6-13)12(16)17/h10-11,14-15,18H,2-9H2,1H3,(H,16,17). The highest BCUT2D eigenvalue weighted by Gasteiger charge is 2.35. The minimum Gasteiger partial charge on any atom is -0.481 e. The Kier molecular flexibility index (Phi) is 6.71. The minimum atomic E-state index is -0.807. The Morgan fingerprint density at radius 3 is 2.63 bits per heavy atom. The summed E-state index contributed by atoms with van der Waals surface area (Å²) in [5.74, 6) is -1.08. The van der Waals surface area contributed by atoms with E-state index >= 15 is 0 Å². The molecule has 6 nitrogen and oxygen atoms in total. The third-order valence-electron chi connectivity index (χ3n) is 3.73. The largest absolute Gasteiger partial charge is 0.481 e. The zero-order valence-corrected chi connectivity index (χ0v) is 11.5. The van der Waals surface area contributed by atoms with E-state index in [0.29, 0.717) is 51.8 Å². The second kappa shape index (κ2) is 7.79. The van der Waals surface area contributed by atoms with E-state index in [4.69, 9.17) is 9.84 Å². The van der Waals surface area contributed by atoms with Crippen molar-refractivity contribution in [3.05, 3.63) is 0 Å². The highest BCUT2D eigenvalue weighted by molar-refractivity contribution is 5.70. The summed E-state index contributed by atoms with van der Waals surface area (Å²) >= 11 is 0. The predicted molar refractivity (Wildman–Crippen MR) is 69.9 cm³/mol. The van der Waals surface area contributed by atoms with E-state index in [9.17, 15) is 15.0 Å². The molecule has 1 fully saturated rings. The average Bonchev–Trinajstić information content (AvgIpc) is 2.36. The lowest BCUT2D eigenvalue weighted by Crippen LogP contribution is -2.45. The fourth-order valence-corrected chi connectivity index (χ4v) is 2.44. The maximum Gasteiger partial charge on any atom is 0.306 e. The Balaban J connectivity index is 2.17. The summed E-state index contributed by atoms with van der Waals surface area (Å²) in [6, 6.07) is 0. The second-order valence-corrected chi connectivity index (χ2v) is 5.41. The number of methoxy groups -OCH3 is 1. The molecule has 1 atom stereocenters. The van der Waals surface area contributed by atoms with E-state index in [0.717, 1.165) is 0 Å². The van der Waals surface area contributed by atoms with E-state index in [2.05, 4.69) is 5.32 Å². The molecule has 0 bridgehead atoms. The molecule has 0 heterocycles. The van der Waals surface area contributed by atoms with Crippen LogP contribution in [0.25, 0.3) is 0 Å². The summed E-state index contributed by atoms with van der Waals surface area (Å²) in [6.45, 7) is 1.36. The van der Waals surface area contributed by atoms with Gasteiger partial charge in [0.15, 0.2) is 0 Å². The zero-order valence-electron chi connectivity index (χ0n) is 11.5. The predicted octanol–water partition coefficient (Wildman–Crippen LogP) is -0.0207. The van der Waals surface area contributed by atoms with Gasteiger partial charge in [0.1, 0.15) is 0 Å². The van der Waals surface area contributed by atoms with Gasteiger partial charge in [0.05, 0.1) is 24.2 Å². The Morgan fingerprint density at radius 1 is 1.47 bits per heavy atom. The molecule has 1 saturated carbocycles. The van der Waals surface area contributed by atoms with E-state index < -0.39 is 17.7 Å². The number of hydrogen-bond acceptors (Lipinski definition) is 5. The Hall–Kier alpha value is -0.690.